The number of nitrogens with two attached hydrogens (primary N) is 1. The molecule has 0 radical (unpaired) electrons. The van der Waals surface area contributed by atoms with Crippen LogP contribution in [0.25, 0.3) is 0 Å². The summed E-state index contributed by atoms with van der Waals surface area (Å²) >= 11 is 5.95. The first-order valence-corrected chi connectivity index (χ1v) is 6.75. The molecule has 1 aromatic rings. The molecule has 0 spiro atoms. The summed E-state index contributed by atoms with van der Waals surface area (Å²) in [7, 11) is 1.54. The van der Waals surface area contributed by atoms with Crippen molar-refractivity contribution in [1.29, 1.82) is 0 Å². The van der Waals surface area contributed by atoms with Crippen molar-refractivity contribution in [3.63, 3.8) is 0 Å². The van der Waals surface area contributed by atoms with Gasteiger partial charge in [-0.2, -0.15) is 0 Å². The monoisotopic (exact) mass is 320 g/mol. The molecular weight excluding hydrogens is 299 g/mol. The van der Waals surface area contributed by atoms with Crippen LogP contribution in [0.4, 0.5) is 5.69 Å². The van der Waals surface area contributed by atoms with Crippen LogP contribution in [0.3, 0.4) is 0 Å². The molecule has 0 atom stereocenters. The quantitative estimate of drug-likeness (QED) is 0.843. The lowest BCUT2D eigenvalue weighted by Crippen LogP contribution is -2.41. The maximum atomic E-state index is 12.3. The molecule has 0 aliphatic carbocycles. The van der Waals surface area contributed by atoms with Crippen molar-refractivity contribution in [3.05, 3.63) is 23.2 Å². The van der Waals surface area contributed by atoms with E-state index >= 15 is 0 Å². The minimum Gasteiger partial charge on any atom is -0.495 e. The van der Waals surface area contributed by atoms with Gasteiger partial charge in [-0.1, -0.05) is 25.4 Å². The summed E-state index contributed by atoms with van der Waals surface area (Å²) in [6, 6.07) is 5.14. The lowest BCUT2D eigenvalue weighted by atomic mass is 9.81. The molecule has 1 amide bonds. The number of amides is 1. The summed E-state index contributed by atoms with van der Waals surface area (Å²) in [5, 5.41) is 3.39. The highest BCUT2D eigenvalue weighted by Gasteiger charge is 2.33. The Bertz CT molecular complexity index is 441. The van der Waals surface area contributed by atoms with E-state index in [1.165, 1.54) is 7.11 Å². The highest BCUT2D eigenvalue weighted by molar-refractivity contribution is 6.32. The summed E-state index contributed by atoms with van der Waals surface area (Å²) in [5.74, 6) is 0.468. The van der Waals surface area contributed by atoms with E-state index in [9.17, 15) is 4.79 Å². The lowest BCUT2D eigenvalue weighted by molar-refractivity contribution is -0.125. The van der Waals surface area contributed by atoms with Gasteiger partial charge in [-0.15, -0.1) is 12.4 Å². The number of ether oxygens (including phenoxy) is 1. The number of rotatable bonds is 6. The van der Waals surface area contributed by atoms with Crippen molar-refractivity contribution in [2.75, 3.05) is 19.0 Å². The fraction of sp³-hybridized carbons (Fsp3) is 0.500. The van der Waals surface area contributed by atoms with Crippen LogP contribution in [0.5, 0.6) is 5.75 Å². The molecule has 6 heteroatoms. The molecule has 1 aromatic carbocycles. The van der Waals surface area contributed by atoms with Gasteiger partial charge in [-0.05, 0) is 25.0 Å². The zero-order valence-corrected chi connectivity index (χ0v) is 13.6. The topological polar surface area (TPSA) is 64.4 Å². The van der Waals surface area contributed by atoms with Crippen molar-refractivity contribution in [3.8, 4) is 5.75 Å². The average Bonchev–Trinajstić information content (AvgIpc) is 2.43. The van der Waals surface area contributed by atoms with E-state index in [4.69, 9.17) is 22.1 Å². The van der Waals surface area contributed by atoms with Crippen LogP contribution in [0.2, 0.25) is 5.02 Å². The lowest BCUT2D eigenvalue weighted by Gasteiger charge is -2.28. The van der Waals surface area contributed by atoms with Crippen molar-refractivity contribution in [1.82, 2.24) is 0 Å². The Labute approximate surface area is 131 Å². The second kappa shape index (κ2) is 8.35. The van der Waals surface area contributed by atoms with Crippen LogP contribution in [-0.4, -0.2) is 19.6 Å². The fourth-order valence-corrected chi connectivity index (χ4v) is 2.15. The number of nitrogens with one attached hydrogen (secondary N) is 1. The van der Waals surface area contributed by atoms with Crippen molar-refractivity contribution >= 4 is 35.6 Å². The highest BCUT2D eigenvalue weighted by Crippen LogP contribution is 2.30. The van der Waals surface area contributed by atoms with Crippen LogP contribution in [-0.2, 0) is 4.79 Å². The maximum absolute atomic E-state index is 12.3. The summed E-state index contributed by atoms with van der Waals surface area (Å²) in [5.41, 5.74) is 5.89. The summed E-state index contributed by atoms with van der Waals surface area (Å²) in [6.45, 7) is 4.27. The predicted molar refractivity (Wildman–Crippen MR) is 86.0 cm³/mol. The van der Waals surface area contributed by atoms with Gasteiger partial charge in [0.2, 0.25) is 5.91 Å². The Balaban J connectivity index is 0.00000361. The molecule has 0 fully saturated rings. The van der Waals surface area contributed by atoms with Gasteiger partial charge in [-0.25, -0.2) is 0 Å². The molecule has 0 bridgehead atoms. The first-order valence-electron chi connectivity index (χ1n) is 6.38. The number of carbonyl (C=O) groups is 1. The standard InChI is InChI=1S/C14H21ClN2O2.ClH/c1-4-14(5-2,9-16)13(18)17-10-6-7-11(15)12(8-10)19-3;/h6-8H,4-5,9,16H2,1-3H3,(H,17,18);1H. The molecule has 1 rings (SSSR count). The van der Waals surface area contributed by atoms with Gasteiger partial charge in [0.1, 0.15) is 5.75 Å². The summed E-state index contributed by atoms with van der Waals surface area (Å²) in [6.07, 6.45) is 1.41. The third-order valence-corrected chi connectivity index (χ3v) is 3.95. The third kappa shape index (κ3) is 4.01. The van der Waals surface area contributed by atoms with Crippen LogP contribution in [0, 0.1) is 5.41 Å². The second-order valence-corrected chi connectivity index (χ2v) is 4.90. The molecule has 0 aliphatic heterocycles. The van der Waals surface area contributed by atoms with Crippen LogP contribution < -0.4 is 15.8 Å². The van der Waals surface area contributed by atoms with Crippen molar-refractivity contribution in [2.45, 2.75) is 26.7 Å². The number of hydrogen-bond donors (Lipinski definition) is 2. The normalized spacial score (nSPS) is 10.7. The van der Waals surface area contributed by atoms with Crippen LogP contribution in [0.1, 0.15) is 26.7 Å². The molecule has 114 valence electrons. The van der Waals surface area contributed by atoms with Gasteiger partial charge in [0.25, 0.3) is 0 Å². The number of methoxy groups -OCH3 is 1. The van der Waals surface area contributed by atoms with Crippen LogP contribution in [0.15, 0.2) is 18.2 Å². The maximum Gasteiger partial charge on any atom is 0.231 e. The Morgan fingerprint density at radius 2 is 2.00 bits per heavy atom. The first kappa shape index (κ1) is 19.0. The van der Waals surface area contributed by atoms with E-state index in [-0.39, 0.29) is 18.3 Å². The van der Waals surface area contributed by atoms with E-state index < -0.39 is 5.41 Å². The second-order valence-electron chi connectivity index (χ2n) is 4.50. The molecule has 3 N–H and O–H groups in total. The Kier molecular flexibility index (Phi) is 7.94. The summed E-state index contributed by atoms with van der Waals surface area (Å²) in [4.78, 5) is 12.3. The van der Waals surface area contributed by atoms with E-state index in [1.807, 2.05) is 13.8 Å². The number of benzene rings is 1. The zero-order chi connectivity index (χ0) is 14.5. The Morgan fingerprint density at radius 3 is 2.45 bits per heavy atom. The molecule has 0 saturated carbocycles. The van der Waals surface area contributed by atoms with Gasteiger partial charge in [0, 0.05) is 18.3 Å². The molecule has 0 aliphatic rings. The molecule has 0 unspecified atom stereocenters. The Morgan fingerprint density at radius 1 is 1.40 bits per heavy atom. The van der Waals surface area contributed by atoms with E-state index in [2.05, 4.69) is 5.32 Å². The van der Waals surface area contributed by atoms with Gasteiger partial charge >= 0.3 is 0 Å². The highest BCUT2D eigenvalue weighted by atomic mass is 35.5. The summed E-state index contributed by atoms with van der Waals surface area (Å²) < 4.78 is 5.12. The first-order chi connectivity index (χ1) is 9.02. The van der Waals surface area contributed by atoms with Gasteiger partial charge in [-0.3, -0.25) is 4.79 Å². The van der Waals surface area contributed by atoms with Gasteiger partial charge in [0.05, 0.1) is 17.5 Å². The molecule has 4 nitrogen and oxygen atoms in total. The smallest absolute Gasteiger partial charge is 0.231 e. The van der Waals surface area contributed by atoms with Crippen molar-refractivity contribution < 1.29 is 9.53 Å². The number of halogens is 2. The molecule has 0 aromatic heterocycles. The predicted octanol–water partition coefficient (Wildman–Crippen LogP) is 3.47. The Hall–Kier alpha value is -0.970. The fourth-order valence-electron chi connectivity index (χ4n) is 1.95. The van der Waals surface area contributed by atoms with E-state index in [0.717, 1.165) is 0 Å². The largest absolute Gasteiger partial charge is 0.495 e. The molecule has 20 heavy (non-hydrogen) atoms. The SMILES string of the molecule is CCC(CC)(CN)C(=O)Nc1ccc(Cl)c(OC)c1.Cl. The minimum absolute atomic E-state index is 0. The number of hydrogen-bond acceptors (Lipinski definition) is 3. The molecule has 0 saturated heterocycles. The zero-order valence-electron chi connectivity index (χ0n) is 12.0. The van der Waals surface area contributed by atoms with E-state index in [0.29, 0.717) is 35.8 Å². The minimum atomic E-state index is -0.521. The third-order valence-electron chi connectivity index (χ3n) is 3.63. The number of anilines is 1. The van der Waals surface area contributed by atoms with Gasteiger partial charge < -0.3 is 15.8 Å². The molecule has 0 heterocycles. The van der Waals surface area contributed by atoms with Crippen LogP contribution >= 0.6 is 24.0 Å². The average molecular weight is 321 g/mol. The van der Waals surface area contributed by atoms with Crippen molar-refractivity contribution in [2.24, 2.45) is 11.1 Å². The number of carbonyl (C=O) groups excluding carboxylic acids is 1. The van der Waals surface area contributed by atoms with E-state index in [1.54, 1.807) is 18.2 Å². The molecular formula is C14H22Cl2N2O2. The van der Waals surface area contributed by atoms with Gasteiger partial charge in [0.15, 0.2) is 0 Å².